The molecule has 0 bridgehead atoms. The summed E-state index contributed by atoms with van der Waals surface area (Å²) >= 11 is 8.81. The van der Waals surface area contributed by atoms with Gasteiger partial charge in [-0.15, -0.1) is 0 Å². The lowest BCUT2D eigenvalue weighted by atomic mass is 10.5. The molecule has 0 unspecified atom stereocenters. The standard InChI is InChI=1S/C5H4BrClN2/c6-4-3(7)1-2-9-5(4)8/h1-2H,(H2,8,9). The summed E-state index contributed by atoms with van der Waals surface area (Å²) in [6.07, 6.45) is 1.56. The topological polar surface area (TPSA) is 38.9 Å². The Kier molecular flexibility index (Phi) is 1.93. The fraction of sp³-hybridized carbons (Fsp3) is 0. The van der Waals surface area contributed by atoms with Gasteiger partial charge in [0.25, 0.3) is 0 Å². The first-order valence-electron chi connectivity index (χ1n) is 2.27. The molecule has 0 atom stereocenters. The van der Waals surface area contributed by atoms with Crippen LogP contribution in [0.3, 0.4) is 0 Å². The third-order valence-electron chi connectivity index (χ3n) is 0.869. The van der Waals surface area contributed by atoms with E-state index in [1.165, 1.54) is 0 Å². The van der Waals surface area contributed by atoms with Crippen molar-refractivity contribution in [1.29, 1.82) is 0 Å². The zero-order valence-electron chi connectivity index (χ0n) is 4.44. The Morgan fingerprint density at radius 3 is 2.78 bits per heavy atom. The molecule has 2 nitrogen and oxygen atoms in total. The highest BCUT2D eigenvalue weighted by molar-refractivity contribution is 9.10. The summed E-state index contributed by atoms with van der Waals surface area (Å²) in [5.41, 5.74) is 5.38. The fourth-order valence-corrected chi connectivity index (χ4v) is 0.823. The van der Waals surface area contributed by atoms with Crippen molar-refractivity contribution in [2.45, 2.75) is 0 Å². The molecule has 0 aromatic carbocycles. The van der Waals surface area contributed by atoms with E-state index >= 15 is 0 Å². The van der Waals surface area contributed by atoms with Crippen LogP contribution in [0.1, 0.15) is 0 Å². The van der Waals surface area contributed by atoms with Crippen LogP contribution in [0, 0.1) is 0 Å². The van der Waals surface area contributed by atoms with Gasteiger partial charge >= 0.3 is 0 Å². The van der Waals surface area contributed by atoms with E-state index in [1.807, 2.05) is 0 Å². The maximum atomic E-state index is 5.65. The highest BCUT2D eigenvalue weighted by Gasteiger charge is 1.98. The van der Waals surface area contributed by atoms with Crippen molar-refractivity contribution >= 4 is 33.3 Å². The number of halogens is 2. The lowest BCUT2D eigenvalue weighted by Crippen LogP contribution is -1.89. The summed E-state index contributed by atoms with van der Waals surface area (Å²) in [6.45, 7) is 0. The number of hydrogen-bond donors (Lipinski definition) is 1. The predicted molar refractivity (Wildman–Crippen MR) is 41.4 cm³/mol. The summed E-state index contributed by atoms with van der Waals surface area (Å²) in [5.74, 6) is 0.419. The first kappa shape index (κ1) is 6.83. The highest BCUT2D eigenvalue weighted by Crippen LogP contribution is 2.25. The Morgan fingerprint density at radius 1 is 1.67 bits per heavy atom. The van der Waals surface area contributed by atoms with E-state index in [0.29, 0.717) is 15.3 Å². The summed E-state index contributed by atoms with van der Waals surface area (Å²) in [4.78, 5) is 3.79. The van der Waals surface area contributed by atoms with Gasteiger partial charge in [-0.05, 0) is 22.0 Å². The van der Waals surface area contributed by atoms with E-state index in [4.69, 9.17) is 17.3 Å². The van der Waals surface area contributed by atoms with E-state index in [0.717, 1.165) is 0 Å². The van der Waals surface area contributed by atoms with Crippen molar-refractivity contribution in [3.63, 3.8) is 0 Å². The normalized spacial score (nSPS) is 9.56. The number of nitrogens with two attached hydrogens (primary N) is 1. The molecule has 1 heterocycles. The second-order valence-electron chi connectivity index (χ2n) is 1.49. The lowest BCUT2D eigenvalue weighted by Gasteiger charge is -1.95. The van der Waals surface area contributed by atoms with Crippen LogP contribution in [0.25, 0.3) is 0 Å². The highest BCUT2D eigenvalue weighted by atomic mass is 79.9. The van der Waals surface area contributed by atoms with Crippen LogP contribution >= 0.6 is 27.5 Å². The minimum absolute atomic E-state index is 0.419. The van der Waals surface area contributed by atoms with Crippen LogP contribution < -0.4 is 5.73 Å². The Balaban J connectivity index is 3.25. The van der Waals surface area contributed by atoms with Crippen LogP contribution in [0.5, 0.6) is 0 Å². The third-order valence-corrected chi connectivity index (χ3v) is 2.25. The molecular weight excluding hydrogens is 203 g/mol. The molecule has 9 heavy (non-hydrogen) atoms. The molecule has 2 N–H and O–H groups in total. The maximum Gasteiger partial charge on any atom is 0.139 e. The van der Waals surface area contributed by atoms with Gasteiger partial charge in [0.15, 0.2) is 0 Å². The molecule has 0 saturated carbocycles. The molecule has 0 amide bonds. The molecule has 4 heteroatoms. The quantitative estimate of drug-likeness (QED) is 0.707. The number of nitrogens with zero attached hydrogens (tertiary/aromatic N) is 1. The number of pyridine rings is 1. The van der Waals surface area contributed by atoms with Crippen LogP contribution in [0.4, 0.5) is 5.82 Å². The molecule has 0 fully saturated rings. The van der Waals surface area contributed by atoms with Crippen molar-refractivity contribution in [2.75, 3.05) is 5.73 Å². The summed E-state index contributed by atoms with van der Waals surface area (Å²) < 4.78 is 0.659. The number of anilines is 1. The van der Waals surface area contributed by atoms with E-state index in [9.17, 15) is 0 Å². The van der Waals surface area contributed by atoms with Crippen LogP contribution in [-0.4, -0.2) is 4.98 Å². The van der Waals surface area contributed by atoms with Gasteiger partial charge < -0.3 is 5.73 Å². The van der Waals surface area contributed by atoms with Crippen LogP contribution in [0.2, 0.25) is 5.02 Å². The molecule has 0 aliphatic carbocycles. The average molecular weight is 207 g/mol. The monoisotopic (exact) mass is 206 g/mol. The van der Waals surface area contributed by atoms with Crippen molar-refractivity contribution in [2.24, 2.45) is 0 Å². The van der Waals surface area contributed by atoms with E-state index in [-0.39, 0.29) is 0 Å². The summed E-state index contributed by atoms with van der Waals surface area (Å²) in [6, 6.07) is 1.67. The van der Waals surface area contributed by atoms with Crippen molar-refractivity contribution in [3.05, 3.63) is 21.8 Å². The van der Waals surface area contributed by atoms with Gasteiger partial charge in [0.2, 0.25) is 0 Å². The summed E-state index contributed by atoms with van der Waals surface area (Å²) in [7, 11) is 0. The Bertz CT molecular complexity index is 206. The van der Waals surface area contributed by atoms with Gasteiger partial charge in [-0.3, -0.25) is 0 Å². The molecule has 0 radical (unpaired) electrons. The molecule has 0 aliphatic rings. The van der Waals surface area contributed by atoms with Gasteiger partial charge in [0.1, 0.15) is 5.82 Å². The van der Waals surface area contributed by atoms with Crippen LogP contribution in [0.15, 0.2) is 16.7 Å². The largest absolute Gasteiger partial charge is 0.383 e. The average Bonchev–Trinajstić information content (AvgIpc) is 1.83. The van der Waals surface area contributed by atoms with E-state index in [2.05, 4.69) is 20.9 Å². The number of hydrogen-bond acceptors (Lipinski definition) is 2. The zero-order valence-corrected chi connectivity index (χ0v) is 6.78. The molecular formula is C5H4BrClN2. The third kappa shape index (κ3) is 1.34. The van der Waals surface area contributed by atoms with E-state index < -0.39 is 0 Å². The second kappa shape index (κ2) is 2.54. The first-order chi connectivity index (χ1) is 4.22. The summed E-state index contributed by atoms with van der Waals surface area (Å²) in [5, 5.41) is 0.586. The Morgan fingerprint density at radius 2 is 2.33 bits per heavy atom. The van der Waals surface area contributed by atoms with Gasteiger partial charge in [-0.2, -0.15) is 0 Å². The molecule has 1 aromatic rings. The van der Waals surface area contributed by atoms with Crippen LogP contribution in [-0.2, 0) is 0 Å². The lowest BCUT2D eigenvalue weighted by molar-refractivity contribution is 1.32. The number of rotatable bonds is 0. The van der Waals surface area contributed by atoms with Gasteiger partial charge in [-0.25, -0.2) is 4.98 Å². The Hall–Kier alpha value is -0.280. The molecule has 0 spiro atoms. The Labute approximate surface area is 66.2 Å². The van der Waals surface area contributed by atoms with E-state index in [1.54, 1.807) is 12.3 Å². The predicted octanol–water partition coefficient (Wildman–Crippen LogP) is 2.08. The minimum Gasteiger partial charge on any atom is -0.383 e. The number of aromatic nitrogens is 1. The SMILES string of the molecule is Nc1nccc(Cl)c1Br. The zero-order chi connectivity index (χ0) is 6.85. The molecule has 1 rings (SSSR count). The first-order valence-corrected chi connectivity index (χ1v) is 3.44. The second-order valence-corrected chi connectivity index (χ2v) is 2.69. The number of nitrogen functional groups attached to an aromatic ring is 1. The molecule has 0 aliphatic heterocycles. The maximum absolute atomic E-state index is 5.65. The van der Waals surface area contributed by atoms with Gasteiger partial charge in [0.05, 0.1) is 9.50 Å². The molecule has 0 saturated heterocycles. The van der Waals surface area contributed by atoms with Crippen molar-refractivity contribution < 1.29 is 0 Å². The van der Waals surface area contributed by atoms with Gasteiger partial charge in [-0.1, -0.05) is 11.6 Å². The van der Waals surface area contributed by atoms with Crippen molar-refractivity contribution in [1.82, 2.24) is 4.98 Å². The minimum atomic E-state index is 0.419. The smallest absolute Gasteiger partial charge is 0.139 e. The fourth-order valence-electron chi connectivity index (χ4n) is 0.435. The van der Waals surface area contributed by atoms with Crippen molar-refractivity contribution in [3.8, 4) is 0 Å². The molecule has 48 valence electrons. The molecule has 1 aromatic heterocycles. The van der Waals surface area contributed by atoms with Gasteiger partial charge in [0, 0.05) is 6.20 Å².